The van der Waals surface area contributed by atoms with Gasteiger partial charge in [-0.15, -0.1) is 0 Å². The van der Waals surface area contributed by atoms with E-state index in [9.17, 15) is 0 Å². The van der Waals surface area contributed by atoms with E-state index in [-0.39, 0.29) is 6.04 Å². The van der Waals surface area contributed by atoms with Crippen LogP contribution in [0.1, 0.15) is 48.8 Å². The molecule has 5 nitrogen and oxygen atoms in total. The quantitative estimate of drug-likeness (QED) is 0.731. The Morgan fingerprint density at radius 1 is 1.25 bits per heavy atom. The number of aryl methyl sites for hydroxylation is 2. The van der Waals surface area contributed by atoms with E-state index in [1.165, 1.54) is 17.4 Å². The summed E-state index contributed by atoms with van der Waals surface area (Å²) in [5, 5.41) is 5.43. The van der Waals surface area contributed by atoms with E-state index in [2.05, 4.69) is 51.2 Å². The molecule has 124 valence electrons. The molecule has 0 saturated carbocycles. The molecule has 0 unspecified atom stereocenters. The van der Waals surface area contributed by atoms with Gasteiger partial charge in [0.15, 0.2) is 5.82 Å². The number of aromatic nitrogens is 3. The molecule has 1 saturated heterocycles. The summed E-state index contributed by atoms with van der Waals surface area (Å²) in [7, 11) is 0. The lowest BCUT2D eigenvalue weighted by Gasteiger charge is -2.22. The Morgan fingerprint density at radius 2 is 2.12 bits per heavy atom. The van der Waals surface area contributed by atoms with Crippen molar-refractivity contribution in [2.75, 3.05) is 6.54 Å². The number of para-hydroxylation sites is 1. The van der Waals surface area contributed by atoms with Crippen molar-refractivity contribution >= 4 is 10.9 Å². The van der Waals surface area contributed by atoms with Crippen LogP contribution in [0.25, 0.3) is 10.9 Å². The summed E-state index contributed by atoms with van der Waals surface area (Å²) in [5.41, 5.74) is 3.45. The van der Waals surface area contributed by atoms with Gasteiger partial charge in [0.1, 0.15) is 0 Å². The van der Waals surface area contributed by atoms with Crippen molar-refractivity contribution in [2.24, 2.45) is 0 Å². The van der Waals surface area contributed by atoms with E-state index in [0.717, 1.165) is 48.9 Å². The van der Waals surface area contributed by atoms with Crippen LogP contribution in [0.5, 0.6) is 0 Å². The van der Waals surface area contributed by atoms with Gasteiger partial charge >= 0.3 is 0 Å². The first-order chi connectivity index (χ1) is 11.7. The Bertz CT molecular complexity index is 857. The fraction of sp³-hybridized carbons (Fsp3) is 0.421. The zero-order valence-electron chi connectivity index (χ0n) is 14.2. The van der Waals surface area contributed by atoms with Crippen LogP contribution in [0.2, 0.25) is 0 Å². The number of likely N-dealkylation sites (tertiary alicyclic amines) is 1. The number of hydrogen-bond acceptors (Lipinski definition) is 5. The Kier molecular flexibility index (Phi) is 4.02. The number of hydrogen-bond donors (Lipinski definition) is 0. The van der Waals surface area contributed by atoms with E-state index in [1.54, 1.807) is 0 Å². The highest BCUT2D eigenvalue weighted by Crippen LogP contribution is 2.32. The molecule has 1 atom stereocenters. The van der Waals surface area contributed by atoms with Crippen molar-refractivity contribution in [1.29, 1.82) is 0 Å². The minimum absolute atomic E-state index is 0.251. The summed E-state index contributed by atoms with van der Waals surface area (Å²) in [6, 6.07) is 10.8. The first-order valence-electron chi connectivity index (χ1n) is 8.66. The summed E-state index contributed by atoms with van der Waals surface area (Å²) in [6.45, 7) is 6.06. The Morgan fingerprint density at radius 3 is 2.96 bits per heavy atom. The molecule has 4 rings (SSSR count). The van der Waals surface area contributed by atoms with Crippen molar-refractivity contribution < 1.29 is 4.52 Å². The highest BCUT2D eigenvalue weighted by molar-refractivity contribution is 5.82. The standard InChI is InChI=1S/C19H22N4O/c1-3-18-21-19(22-24-18)17-9-6-10-23(17)12-14-11-13(2)20-16-8-5-4-7-15(14)16/h4-5,7-8,11,17H,3,6,9-10,12H2,1-2H3/t17-/m1/s1. The van der Waals surface area contributed by atoms with Crippen LogP contribution in [-0.4, -0.2) is 26.6 Å². The zero-order valence-corrected chi connectivity index (χ0v) is 14.2. The minimum Gasteiger partial charge on any atom is -0.339 e. The molecule has 3 heterocycles. The predicted octanol–water partition coefficient (Wildman–Crippen LogP) is 3.83. The second-order valence-electron chi connectivity index (χ2n) is 6.47. The second-order valence-corrected chi connectivity index (χ2v) is 6.47. The van der Waals surface area contributed by atoms with Crippen LogP contribution < -0.4 is 0 Å². The average Bonchev–Trinajstić information content (AvgIpc) is 3.23. The number of benzene rings is 1. The Labute approximate surface area is 141 Å². The van der Waals surface area contributed by atoms with Gasteiger partial charge in [0.2, 0.25) is 5.89 Å². The zero-order chi connectivity index (χ0) is 16.5. The Balaban J connectivity index is 1.64. The third-order valence-corrected chi connectivity index (χ3v) is 4.75. The number of pyridine rings is 1. The van der Waals surface area contributed by atoms with Crippen LogP contribution in [0.15, 0.2) is 34.9 Å². The summed E-state index contributed by atoms with van der Waals surface area (Å²) in [4.78, 5) is 11.7. The van der Waals surface area contributed by atoms with Crippen LogP contribution in [0.3, 0.4) is 0 Å². The molecule has 1 aliphatic rings. The molecule has 3 aromatic rings. The maximum absolute atomic E-state index is 5.32. The van der Waals surface area contributed by atoms with Crippen LogP contribution in [0, 0.1) is 6.92 Å². The van der Waals surface area contributed by atoms with Gasteiger partial charge in [0, 0.05) is 24.0 Å². The van der Waals surface area contributed by atoms with E-state index in [0.29, 0.717) is 0 Å². The lowest BCUT2D eigenvalue weighted by Crippen LogP contribution is -2.24. The molecule has 0 radical (unpaired) electrons. The molecule has 2 aromatic heterocycles. The Hall–Kier alpha value is -2.27. The van der Waals surface area contributed by atoms with Crippen LogP contribution in [0.4, 0.5) is 0 Å². The average molecular weight is 322 g/mol. The molecule has 0 spiro atoms. The number of rotatable bonds is 4. The van der Waals surface area contributed by atoms with Gasteiger partial charge < -0.3 is 4.52 Å². The molecule has 24 heavy (non-hydrogen) atoms. The van der Waals surface area contributed by atoms with Gasteiger partial charge in [0.25, 0.3) is 0 Å². The van der Waals surface area contributed by atoms with Crippen molar-refractivity contribution in [3.63, 3.8) is 0 Å². The summed E-state index contributed by atoms with van der Waals surface area (Å²) in [5.74, 6) is 1.56. The van der Waals surface area contributed by atoms with Crippen LogP contribution in [-0.2, 0) is 13.0 Å². The summed E-state index contributed by atoms with van der Waals surface area (Å²) < 4.78 is 5.32. The molecular weight excluding hydrogens is 300 g/mol. The largest absolute Gasteiger partial charge is 0.339 e. The fourth-order valence-electron chi connectivity index (χ4n) is 3.60. The minimum atomic E-state index is 0.251. The summed E-state index contributed by atoms with van der Waals surface area (Å²) in [6.07, 6.45) is 3.04. The molecule has 1 fully saturated rings. The lowest BCUT2D eigenvalue weighted by molar-refractivity contribution is 0.235. The van der Waals surface area contributed by atoms with Gasteiger partial charge in [-0.2, -0.15) is 4.98 Å². The van der Waals surface area contributed by atoms with Gasteiger partial charge in [0.05, 0.1) is 11.6 Å². The topological polar surface area (TPSA) is 55.1 Å². The lowest BCUT2D eigenvalue weighted by atomic mass is 10.1. The summed E-state index contributed by atoms with van der Waals surface area (Å²) >= 11 is 0. The molecule has 1 aromatic carbocycles. The normalized spacial score (nSPS) is 18.5. The molecule has 0 N–H and O–H groups in total. The molecule has 0 amide bonds. The highest BCUT2D eigenvalue weighted by atomic mass is 16.5. The van der Waals surface area contributed by atoms with Gasteiger partial charge in [-0.3, -0.25) is 9.88 Å². The van der Waals surface area contributed by atoms with Crippen molar-refractivity contribution in [3.8, 4) is 0 Å². The second kappa shape index (κ2) is 6.32. The van der Waals surface area contributed by atoms with Crippen molar-refractivity contribution in [2.45, 2.75) is 45.7 Å². The van der Waals surface area contributed by atoms with Crippen molar-refractivity contribution in [3.05, 3.63) is 53.3 Å². The molecule has 1 aliphatic heterocycles. The molecule has 5 heteroatoms. The van der Waals surface area contributed by atoms with Gasteiger partial charge in [-0.1, -0.05) is 30.3 Å². The smallest absolute Gasteiger partial charge is 0.226 e. The third-order valence-electron chi connectivity index (χ3n) is 4.75. The number of fused-ring (bicyclic) bond motifs is 1. The van der Waals surface area contributed by atoms with Gasteiger partial charge in [-0.05, 0) is 44.0 Å². The maximum atomic E-state index is 5.32. The first-order valence-corrected chi connectivity index (χ1v) is 8.66. The van der Waals surface area contributed by atoms with E-state index < -0.39 is 0 Å². The van der Waals surface area contributed by atoms with Gasteiger partial charge in [-0.25, -0.2) is 0 Å². The highest BCUT2D eigenvalue weighted by Gasteiger charge is 2.30. The third kappa shape index (κ3) is 2.80. The first kappa shape index (κ1) is 15.3. The predicted molar refractivity (Wildman–Crippen MR) is 92.5 cm³/mol. The monoisotopic (exact) mass is 322 g/mol. The SMILES string of the molecule is CCc1nc([C@H]2CCCN2Cc2cc(C)nc3ccccc23)no1. The molecule has 0 aliphatic carbocycles. The van der Waals surface area contributed by atoms with E-state index in [1.807, 2.05) is 13.0 Å². The number of nitrogens with zero attached hydrogens (tertiary/aromatic N) is 4. The fourth-order valence-corrected chi connectivity index (χ4v) is 3.60. The van der Waals surface area contributed by atoms with E-state index >= 15 is 0 Å². The van der Waals surface area contributed by atoms with Crippen LogP contribution >= 0.6 is 0 Å². The molecule has 0 bridgehead atoms. The van der Waals surface area contributed by atoms with E-state index in [4.69, 9.17) is 4.52 Å². The maximum Gasteiger partial charge on any atom is 0.226 e. The molecular formula is C19H22N4O. The van der Waals surface area contributed by atoms with Crippen molar-refractivity contribution in [1.82, 2.24) is 20.0 Å².